The minimum Gasteiger partial charge on any atom is -0.495 e. The summed E-state index contributed by atoms with van der Waals surface area (Å²) in [5, 5.41) is 8.99. The van der Waals surface area contributed by atoms with Crippen LogP contribution < -0.4 is 14.5 Å². The summed E-state index contributed by atoms with van der Waals surface area (Å²) < 4.78 is 32.5. The number of piperazine rings is 1. The molecule has 2 aliphatic heterocycles. The lowest BCUT2D eigenvalue weighted by Crippen LogP contribution is -2.49. The molecule has 29 heavy (non-hydrogen) atoms. The molecule has 0 unspecified atom stereocenters. The van der Waals surface area contributed by atoms with E-state index >= 15 is 0 Å². The van der Waals surface area contributed by atoms with Crippen molar-refractivity contribution in [2.45, 2.75) is 17.7 Å². The highest BCUT2D eigenvalue weighted by atomic mass is 35.5. The highest BCUT2D eigenvalue weighted by molar-refractivity contribution is 7.89. The molecule has 0 spiro atoms. The van der Waals surface area contributed by atoms with Gasteiger partial charge in [-0.15, -0.1) is 10.2 Å². The summed E-state index contributed by atoms with van der Waals surface area (Å²) in [4.78, 5) is 4.47. The van der Waals surface area contributed by atoms with Crippen LogP contribution in [0.5, 0.6) is 5.75 Å². The van der Waals surface area contributed by atoms with Gasteiger partial charge < -0.3 is 14.5 Å². The molecule has 0 bridgehead atoms. The molecule has 0 N–H and O–H groups in total. The Morgan fingerprint density at radius 1 is 0.897 bits per heavy atom. The number of halogens is 1. The number of hydrogen-bond donors (Lipinski definition) is 0. The lowest BCUT2D eigenvalue weighted by molar-refractivity contribution is 0.383. The predicted molar refractivity (Wildman–Crippen MR) is 112 cm³/mol. The first kappa shape index (κ1) is 20.2. The second kappa shape index (κ2) is 8.33. The third-order valence-corrected chi connectivity index (χ3v) is 7.58. The summed E-state index contributed by atoms with van der Waals surface area (Å²) >= 11 is 6.10. The molecule has 10 heteroatoms. The lowest BCUT2D eigenvalue weighted by Gasteiger charge is -2.34. The molecule has 0 aliphatic carbocycles. The van der Waals surface area contributed by atoms with Gasteiger partial charge in [-0.2, -0.15) is 4.31 Å². The van der Waals surface area contributed by atoms with Gasteiger partial charge in [0.15, 0.2) is 11.6 Å². The van der Waals surface area contributed by atoms with Crippen LogP contribution in [0.1, 0.15) is 12.8 Å². The van der Waals surface area contributed by atoms with Crippen molar-refractivity contribution in [3.05, 3.63) is 35.4 Å². The molecule has 1 aromatic carbocycles. The molecule has 2 aromatic rings. The molecule has 8 nitrogen and oxygen atoms in total. The van der Waals surface area contributed by atoms with Gasteiger partial charge in [0.25, 0.3) is 0 Å². The van der Waals surface area contributed by atoms with Crippen molar-refractivity contribution in [2.24, 2.45) is 0 Å². The zero-order chi connectivity index (χ0) is 20.4. The standard InChI is InChI=1S/C19H24ClN5O3S/c1-28-17-5-4-15(14-16(17)20)29(26,27)25-12-10-24(11-13-25)19-7-6-18(21-22-19)23-8-2-3-9-23/h4-7,14H,2-3,8-13H2,1H3. The van der Waals surface area contributed by atoms with Gasteiger partial charge in [-0.25, -0.2) is 8.42 Å². The highest BCUT2D eigenvalue weighted by Gasteiger charge is 2.29. The van der Waals surface area contributed by atoms with Crippen LogP contribution in [0.15, 0.2) is 35.2 Å². The van der Waals surface area contributed by atoms with Gasteiger partial charge in [-0.05, 0) is 43.2 Å². The number of hydrogen-bond acceptors (Lipinski definition) is 7. The number of methoxy groups -OCH3 is 1. The maximum atomic E-state index is 12.9. The van der Waals surface area contributed by atoms with E-state index in [9.17, 15) is 8.42 Å². The van der Waals surface area contributed by atoms with Crippen molar-refractivity contribution in [1.82, 2.24) is 14.5 Å². The van der Waals surface area contributed by atoms with E-state index in [1.807, 2.05) is 12.1 Å². The number of benzene rings is 1. The van der Waals surface area contributed by atoms with Crippen LogP contribution in [0.4, 0.5) is 11.6 Å². The molecule has 156 valence electrons. The van der Waals surface area contributed by atoms with Crippen molar-refractivity contribution in [1.29, 1.82) is 0 Å². The maximum absolute atomic E-state index is 12.9. The minimum atomic E-state index is -3.61. The number of sulfonamides is 1. The number of aromatic nitrogens is 2. The topological polar surface area (TPSA) is 78.9 Å². The van der Waals surface area contributed by atoms with Gasteiger partial charge >= 0.3 is 0 Å². The first-order valence-electron chi connectivity index (χ1n) is 9.66. The third kappa shape index (κ3) is 4.12. The zero-order valence-electron chi connectivity index (χ0n) is 16.3. The number of nitrogens with zero attached hydrogens (tertiary/aromatic N) is 5. The minimum absolute atomic E-state index is 0.173. The number of ether oxygens (including phenoxy) is 1. The van der Waals surface area contributed by atoms with Gasteiger partial charge in [0.2, 0.25) is 10.0 Å². The Kier molecular flexibility index (Phi) is 5.80. The van der Waals surface area contributed by atoms with Crippen LogP contribution in [0.2, 0.25) is 5.02 Å². The summed E-state index contributed by atoms with van der Waals surface area (Å²) in [5.41, 5.74) is 0. The van der Waals surface area contributed by atoms with Crippen LogP contribution >= 0.6 is 11.6 Å². The molecule has 1 aromatic heterocycles. The third-order valence-electron chi connectivity index (χ3n) is 5.39. The SMILES string of the molecule is COc1ccc(S(=O)(=O)N2CCN(c3ccc(N4CCCC4)nn3)CC2)cc1Cl. The molecule has 3 heterocycles. The van der Waals surface area contributed by atoms with E-state index in [1.54, 1.807) is 6.07 Å². The number of rotatable bonds is 5. The number of anilines is 2. The molecule has 2 saturated heterocycles. The van der Waals surface area contributed by atoms with E-state index in [0.717, 1.165) is 24.7 Å². The predicted octanol–water partition coefficient (Wildman–Crippen LogP) is 2.25. The normalized spacial score (nSPS) is 18.3. The van der Waals surface area contributed by atoms with Crippen LogP contribution in [0, 0.1) is 0 Å². The average Bonchev–Trinajstić information content (AvgIpc) is 3.29. The summed E-state index contributed by atoms with van der Waals surface area (Å²) in [6.45, 7) is 3.92. The first-order valence-corrected chi connectivity index (χ1v) is 11.5. The van der Waals surface area contributed by atoms with Gasteiger partial charge in [-0.3, -0.25) is 0 Å². The highest BCUT2D eigenvalue weighted by Crippen LogP contribution is 2.29. The Hall–Kier alpha value is -2.10. The van der Waals surface area contributed by atoms with Crippen LogP contribution in [-0.4, -0.2) is 69.3 Å². The Morgan fingerprint density at radius 2 is 1.48 bits per heavy atom. The monoisotopic (exact) mass is 437 g/mol. The Labute approximate surface area is 176 Å². The molecule has 2 fully saturated rings. The van der Waals surface area contributed by atoms with E-state index in [0.29, 0.717) is 31.9 Å². The van der Waals surface area contributed by atoms with E-state index in [1.165, 1.54) is 36.4 Å². The fourth-order valence-corrected chi connectivity index (χ4v) is 5.49. The van der Waals surface area contributed by atoms with Crippen molar-refractivity contribution < 1.29 is 13.2 Å². The van der Waals surface area contributed by atoms with E-state index < -0.39 is 10.0 Å². The van der Waals surface area contributed by atoms with Crippen molar-refractivity contribution in [3.63, 3.8) is 0 Å². The Bertz CT molecular complexity index is 956. The van der Waals surface area contributed by atoms with E-state index in [4.69, 9.17) is 16.3 Å². The van der Waals surface area contributed by atoms with Gasteiger partial charge in [-0.1, -0.05) is 11.6 Å². The summed E-state index contributed by atoms with van der Waals surface area (Å²) in [6.07, 6.45) is 2.39. The summed E-state index contributed by atoms with van der Waals surface area (Å²) in [6, 6.07) is 8.49. The van der Waals surface area contributed by atoms with Gasteiger partial charge in [0.1, 0.15) is 5.75 Å². The van der Waals surface area contributed by atoms with Gasteiger partial charge in [0.05, 0.1) is 17.0 Å². The van der Waals surface area contributed by atoms with Crippen molar-refractivity contribution in [3.8, 4) is 5.75 Å². The van der Waals surface area contributed by atoms with Crippen LogP contribution in [0.25, 0.3) is 0 Å². The molecule has 0 radical (unpaired) electrons. The average molecular weight is 438 g/mol. The maximum Gasteiger partial charge on any atom is 0.243 e. The molecular weight excluding hydrogens is 414 g/mol. The van der Waals surface area contributed by atoms with Crippen LogP contribution in [0.3, 0.4) is 0 Å². The Balaban J connectivity index is 1.41. The quantitative estimate of drug-likeness (QED) is 0.709. The zero-order valence-corrected chi connectivity index (χ0v) is 17.9. The second-order valence-electron chi connectivity index (χ2n) is 7.13. The molecule has 0 saturated carbocycles. The van der Waals surface area contributed by atoms with Crippen molar-refractivity contribution in [2.75, 3.05) is 56.2 Å². The Morgan fingerprint density at radius 3 is 2.00 bits per heavy atom. The second-order valence-corrected chi connectivity index (χ2v) is 9.48. The molecular formula is C19H24ClN5O3S. The van der Waals surface area contributed by atoms with Crippen molar-refractivity contribution >= 4 is 33.3 Å². The summed E-state index contributed by atoms with van der Waals surface area (Å²) in [7, 11) is -2.11. The first-order chi connectivity index (χ1) is 14.0. The fraction of sp³-hybridized carbons (Fsp3) is 0.474. The van der Waals surface area contributed by atoms with Gasteiger partial charge in [0, 0.05) is 39.3 Å². The van der Waals surface area contributed by atoms with E-state index in [2.05, 4.69) is 20.0 Å². The largest absolute Gasteiger partial charge is 0.495 e. The van der Waals surface area contributed by atoms with E-state index in [-0.39, 0.29) is 9.92 Å². The lowest BCUT2D eigenvalue weighted by atomic mass is 10.3. The smallest absolute Gasteiger partial charge is 0.243 e. The molecule has 2 aliphatic rings. The summed E-state index contributed by atoms with van der Waals surface area (Å²) in [5.74, 6) is 2.13. The van der Waals surface area contributed by atoms with Crippen LogP contribution in [-0.2, 0) is 10.0 Å². The fourth-order valence-electron chi connectivity index (χ4n) is 3.72. The molecule has 4 rings (SSSR count). The molecule has 0 atom stereocenters. The molecule has 0 amide bonds.